The molecule has 0 unspecified atom stereocenters. The van der Waals surface area contributed by atoms with Gasteiger partial charge in [-0.1, -0.05) is 0 Å². The first-order valence-electron chi connectivity index (χ1n) is 7.65. The molecule has 0 saturated carbocycles. The minimum atomic E-state index is -0.950. The summed E-state index contributed by atoms with van der Waals surface area (Å²) in [5.74, 6) is -0.291. The maximum atomic E-state index is 11.1. The molecule has 0 saturated heterocycles. The van der Waals surface area contributed by atoms with E-state index in [1.165, 1.54) is 4.88 Å². The van der Waals surface area contributed by atoms with E-state index >= 15 is 0 Å². The average molecular weight is 343 g/mol. The molecule has 1 aromatic carbocycles. The van der Waals surface area contributed by atoms with E-state index in [9.17, 15) is 4.79 Å². The Hall–Kier alpha value is -2.45. The summed E-state index contributed by atoms with van der Waals surface area (Å²) in [6, 6.07) is 4.96. The Balaban J connectivity index is 1.67. The lowest BCUT2D eigenvalue weighted by atomic mass is 10.2. The Morgan fingerprint density at radius 2 is 2.17 bits per heavy atom. The summed E-state index contributed by atoms with van der Waals surface area (Å²) in [7, 11) is 4.01. The number of imidazole rings is 1. The molecule has 0 bridgehead atoms. The minimum Gasteiger partial charge on any atom is -0.478 e. The number of thiazole rings is 1. The van der Waals surface area contributed by atoms with E-state index < -0.39 is 5.97 Å². The molecule has 24 heavy (non-hydrogen) atoms. The molecule has 0 amide bonds. The molecular weight excluding hydrogens is 326 g/mol. The lowest BCUT2D eigenvalue weighted by molar-refractivity contribution is 0.0697. The van der Waals surface area contributed by atoms with Crippen LogP contribution in [0.2, 0.25) is 0 Å². The van der Waals surface area contributed by atoms with Gasteiger partial charge in [0.05, 0.1) is 22.3 Å². The molecule has 0 aliphatic carbocycles. The average Bonchev–Trinajstić information content (AvgIpc) is 3.08. The summed E-state index contributed by atoms with van der Waals surface area (Å²) in [6.07, 6.45) is 0.967. The number of anilines is 2. The molecule has 4 rings (SSSR count). The van der Waals surface area contributed by atoms with Crippen molar-refractivity contribution in [3.63, 3.8) is 0 Å². The summed E-state index contributed by atoms with van der Waals surface area (Å²) in [5, 5.41) is 13.2. The second kappa shape index (κ2) is 5.57. The molecule has 8 heteroatoms. The number of rotatable bonds is 3. The standard InChI is InChI=1S/C16H17N5O2S/c1-20-6-5-10-13(8-20)24-16(18-10)19-15-17-11-7-9(14(22)23)3-4-12(11)21(15)2/h3-4,7H,5-6,8H2,1-2H3,(H,22,23)(H,17,18,19). The van der Waals surface area contributed by atoms with Crippen molar-refractivity contribution in [2.75, 3.05) is 18.9 Å². The van der Waals surface area contributed by atoms with E-state index in [2.05, 4.69) is 27.2 Å². The molecule has 2 N–H and O–H groups in total. The Kier molecular flexibility index (Phi) is 3.50. The number of benzene rings is 1. The number of carboxylic acid groups (broad SMARTS) is 1. The van der Waals surface area contributed by atoms with Crippen molar-refractivity contribution in [3.05, 3.63) is 34.3 Å². The summed E-state index contributed by atoms with van der Waals surface area (Å²) >= 11 is 1.65. The highest BCUT2D eigenvalue weighted by atomic mass is 32.1. The second-order valence-corrected chi connectivity index (χ2v) is 7.09. The molecule has 7 nitrogen and oxygen atoms in total. The van der Waals surface area contributed by atoms with Crippen molar-refractivity contribution >= 4 is 39.4 Å². The molecule has 124 valence electrons. The molecule has 0 spiro atoms. The van der Waals surface area contributed by atoms with Gasteiger partial charge in [0, 0.05) is 31.4 Å². The molecule has 0 radical (unpaired) electrons. The summed E-state index contributed by atoms with van der Waals surface area (Å²) in [5.41, 5.74) is 2.93. The first-order valence-corrected chi connectivity index (χ1v) is 8.47. The normalized spacial score (nSPS) is 14.8. The second-order valence-electron chi connectivity index (χ2n) is 6.00. The number of fused-ring (bicyclic) bond motifs is 2. The van der Waals surface area contributed by atoms with Gasteiger partial charge in [-0.05, 0) is 25.2 Å². The predicted molar refractivity (Wildman–Crippen MR) is 93.1 cm³/mol. The van der Waals surface area contributed by atoms with Crippen LogP contribution in [-0.4, -0.2) is 44.1 Å². The summed E-state index contributed by atoms with van der Waals surface area (Å²) < 4.78 is 1.91. The quantitative estimate of drug-likeness (QED) is 0.760. The third kappa shape index (κ3) is 2.53. The third-order valence-electron chi connectivity index (χ3n) is 4.27. The molecule has 1 aliphatic rings. The van der Waals surface area contributed by atoms with Crippen LogP contribution in [0.5, 0.6) is 0 Å². The van der Waals surface area contributed by atoms with Gasteiger partial charge in [0.1, 0.15) is 0 Å². The largest absolute Gasteiger partial charge is 0.478 e. The molecule has 1 aliphatic heterocycles. The fraction of sp³-hybridized carbons (Fsp3) is 0.312. The number of carbonyl (C=O) groups is 1. The number of nitrogens with zero attached hydrogens (tertiary/aromatic N) is 4. The zero-order valence-corrected chi connectivity index (χ0v) is 14.2. The number of likely N-dealkylation sites (N-methyl/N-ethyl adjacent to an activating group) is 1. The lowest BCUT2D eigenvalue weighted by Crippen LogP contribution is -2.25. The van der Waals surface area contributed by atoms with Crippen molar-refractivity contribution < 1.29 is 9.90 Å². The maximum Gasteiger partial charge on any atom is 0.335 e. The smallest absolute Gasteiger partial charge is 0.335 e. The number of hydrogen-bond donors (Lipinski definition) is 2. The number of carboxylic acids is 1. The topological polar surface area (TPSA) is 83.3 Å². The van der Waals surface area contributed by atoms with E-state index in [1.807, 2.05) is 11.6 Å². The van der Waals surface area contributed by atoms with Gasteiger partial charge in [0.15, 0.2) is 5.13 Å². The van der Waals surface area contributed by atoms with Crippen LogP contribution >= 0.6 is 11.3 Å². The van der Waals surface area contributed by atoms with Crippen LogP contribution in [0, 0.1) is 0 Å². The van der Waals surface area contributed by atoms with Crippen molar-refractivity contribution in [3.8, 4) is 0 Å². The minimum absolute atomic E-state index is 0.236. The number of hydrogen-bond acceptors (Lipinski definition) is 6. The fourth-order valence-electron chi connectivity index (χ4n) is 2.92. The SMILES string of the molecule is CN1CCc2nc(Nc3nc4cc(C(=O)O)ccc4n3C)sc2C1. The van der Waals surface area contributed by atoms with Crippen molar-refractivity contribution in [2.45, 2.75) is 13.0 Å². The lowest BCUT2D eigenvalue weighted by Gasteiger charge is -2.20. The zero-order valence-electron chi connectivity index (χ0n) is 13.4. The maximum absolute atomic E-state index is 11.1. The van der Waals surface area contributed by atoms with Gasteiger partial charge < -0.3 is 19.9 Å². The summed E-state index contributed by atoms with van der Waals surface area (Å²) in [4.78, 5) is 23.9. The highest BCUT2D eigenvalue weighted by Gasteiger charge is 2.19. The van der Waals surface area contributed by atoms with Crippen molar-refractivity contribution in [1.29, 1.82) is 0 Å². The van der Waals surface area contributed by atoms with E-state index in [4.69, 9.17) is 5.11 Å². The molecule has 0 fully saturated rings. The summed E-state index contributed by atoms with van der Waals surface area (Å²) in [6.45, 7) is 1.96. The first-order chi connectivity index (χ1) is 11.5. The first kappa shape index (κ1) is 15.1. The molecule has 2 aromatic heterocycles. The van der Waals surface area contributed by atoms with Gasteiger partial charge in [-0.2, -0.15) is 0 Å². The van der Waals surface area contributed by atoms with E-state index in [0.717, 1.165) is 35.9 Å². The Morgan fingerprint density at radius 1 is 1.33 bits per heavy atom. The van der Waals surface area contributed by atoms with Gasteiger partial charge >= 0.3 is 5.97 Å². The zero-order chi connectivity index (χ0) is 16.8. The number of aromatic nitrogens is 3. The molecule has 0 atom stereocenters. The van der Waals surface area contributed by atoms with Gasteiger partial charge in [-0.25, -0.2) is 14.8 Å². The van der Waals surface area contributed by atoms with Crippen LogP contribution < -0.4 is 5.32 Å². The van der Waals surface area contributed by atoms with Crippen LogP contribution in [0.1, 0.15) is 20.9 Å². The third-order valence-corrected chi connectivity index (χ3v) is 5.27. The van der Waals surface area contributed by atoms with E-state index in [0.29, 0.717) is 11.5 Å². The molecule has 3 aromatic rings. The number of aryl methyl sites for hydroxylation is 1. The molecule has 3 heterocycles. The fourth-order valence-corrected chi connectivity index (χ4v) is 4.00. The van der Waals surface area contributed by atoms with Crippen LogP contribution in [0.15, 0.2) is 18.2 Å². The van der Waals surface area contributed by atoms with Crippen LogP contribution in [0.3, 0.4) is 0 Å². The monoisotopic (exact) mass is 343 g/mol. The van der Waals surface area contributed by atoms with E-state index in [-0.39, 0.29) is 5.56 Å². The molecular formula is C16H17N5O2S. The van der Waals surface area contributed by atoms with Gasteiger partial charge in [-0.15, -0.1) is 11.3 Å². The van der Waals surface area contributed by atoms with Crippen molar-refractivity contribution in [1.82, 2.24) is 19.4 Å². The Morgan fingerprint density at radius 3 is 2.96 bits per heavy atom. The number of aromatic carboxylic acids is 1. The Bertz CT molecular complexity index is 945. The van der Waals surface area contributed by atoms with Gasteiger partial charge in [-0.3, -0.25) is 0 Å². The van der Waals surface area contributed by atoms with Gasteiger partial charge in [0.2, 0.25) is 5.95 Å². The van der Waals surface area contributed by atoms with Crippen molar-refractivity contribution in [2.24, 2.45) is 7.05 Å². The van der Waals surface area contributed by atoms with Crippen LogP contribution in [0.4, 0.5) is 11.1 Å². The van der Waals surface area contributed by atoms with Gasteiger partial charge in [0.25, 0.3) is 0 Å². The Labute approximate surface area is 142 Å². The predicted octanol–water partition coefficient (Wildman–Crippen LogP) is 2.46. The van der Waals surface area contributed by atoms with Crippen LogP contribution in [0.25, 0.3) is 11.0 Å². The van der Waals surface area contributed by atoms with Crippen LogP contribution in [-0.2, 0) is 20.0 Å². The highest BCUT2D eigenvalue weighted by Crippen LogP contribution is 2.30. The highest BCUT2D eigenvalue weighted by molar-refractivity contribution is 7.15. The van der Waals surface area contributed by atoms with E-state index in [1.54, 1.807) is 29.5 Å². The number of nitrogens with one attached hydrogen (secondary N) is 1.